The van der Waals surface area contributed by atoms with Crippen molar-refractivity contribution in [3.63, 3.8) is 0 Å². The Bertz CT molecular complexity index is 139. The summed E-state index contributed by atoms with van der Waals surface area (Å²) in [6, 6.07) is 0. The molecule has 1 heteroatoms. The van der Waals surface area contributed by atoms with Crippen LogP contribution < -0.4 is 0 Å². The van der Waals surface area contributed by atoms with Gasteiger partial charge >= 0.3 is 128 Å². The summed E-state index contributed by atoms with van der Waals surface area (Å²) >= 11 is -0.855. The molecule has 0 nitrogen and oxygen atoms in total. The fourth-order valence-corrected chi connectivity index (χ4v) is 10.3. The molecule has 0 amide bonds. The zero-order valence-electron chi connectivity index (χ0n) is 15.6. The molecule has 0 aliphatic heterocycles. The van der Waals surface area contributed by atoms with E-state index < -0.39 is 14.3 Å². The Morgan fingerprint density at radius 2 is 0.762 bits per heavy atom. The van der Waals surface area contributed by atoms with Crippen LogP contribution in [0.5, 0.6) is 0 Å². The van der Waals surface area contributed by atoms with Crippen molar-refractivity contribution < 1.29 is 0 Å². The van der Waals surface area contributed by atoms with Crippen LogP contribution in [0.4, 0.5) is 0 Å². The molecule has 21 heavy (non-hydrogen) atoms. The Balaban J connectivity index is 0. The standard InChI is InChI=1S/C18H40Ge.C2H4/c1-4-7-10-13-16-19(17-14-11-8-5-2)18-15-12-9-6-3;1-2/h19H,4-18H2,1-3H3;1-2H2. The Labute approximate surface area is 141 Å². The Morgan fingerprint density at radius 1 is 0.476 bits per heavy atom. The molecule has 0 N–H and O–H groups in total. The van der Waals surface area contributed by atoms with Gasteiger partial charge in [0.2, 0.25) is 0 Å². The van der Waals surface area contributed by atoms with Crippen molar-refractivity contribution in [3.8, 4) is 0 Å². The summed E-state index contributed by atoms with van der Waals surface area (Å²) in [5, 5.41) is 5.10. The molecule has 0 aliphatic rings. The van der Waals surface area contributed by atoms with E-state index in [-0.39, 0.29) is 0 Å². The van der Waals surface area contributed by atoms with Crippen molar-refractivity contribution >= 4 is 14.3 Å². The van der Waals surface area contributed by atoms with Gasteiger partial charge in [-0.05, 0) is 0 Å². The van der Waals surface area contributed by atoms with Crippen molar-refractivity contribution in [2.75, 3.05) is 0 Å². The molecule has 0 fully saturated rings. The SMILES string of the molecule is C=C.CCCCC[CH2][GeH]([CH2]CCCCC)[CH2]CCCCC. The predicted molar refractivity (Wildman–Crippen MR) is 105 cm³/mol. The first-order valence-corrected chi connectivity index (χ1v) is 15.0. The average molecular weight is 357 g/mol. The second kappa shape index (κ2) is 22.6. The van der Waals surface area contributed by atoms with Gasteiger partial charge in [0, 0.05) is 0 Å². The van der Waals surface area contributed by atoms with E-state index in [1.807, 2.05) is 0 Å². The molecule has 0 saturated heterocycles. The number of hydrogen-bond donors (Lipinski definition) is 0. The van der Waals surface area contributed by atoms with Gasteiger partial charge in [-0.2, -0.15) is 0 Å². The maximum atomic E-state index is 3.00. The molecule has 0 atom stereocenters. The molecule has 0 unspecified atom stereocenters. The summed E-state index contributed by atoms with van der Waals surface area (Å²) < 4.78 is 0. The molecule has 0 radical (unpaired) electrons. The van der Waals surface area contributed by atoms with Gasteiger partial charge < -0.3 is 0 Å². The Morgan fingerprint density at radius 3 is 1.00 bits per heavy atom. The molecular formula is C20H44Ge. The first kappa shape index (κ1) is 23.5. The quantitative estimate of drug-likeness (QED) is 0.160. The Kier molecular flexibility index (Phi) is 25.3. The zero-order chi connectivity index (χ0) is 16.2. The van der Waals surface area contributed by atoms with Crippen LogP contribution in [0.3, 0.4) is 0 Å². The molecule has 128 valence electrons. The van der Waals surface area contributed by atoms with E-state index in [9.17, 15) is 0 Å². The van der Waals surface area contributed by atoms with Gasteiger partial charge in [-0.15, -0.1) is 13.2 Å². The maximum absolute atomic E-state index is 3.00. The van der Waals surface area contributed by atoms with Crippen molar-refractivity contribution in [2.45, 2.75) is 114 Å². The van der Waals surface area contributed by atoms with Gasteiger partial charge in [0.25, 0.3) is 0 Å². The monoisotopic (exact) mass is 358 g/mol. The van der Waals surface area contributed by atoms with Crippen LogP contribution >= 0.6 is 0 Å². The zero-order valence-corrected chi connectivity index (χ0v) is 18.0. The average Bonchev–Trinajstić information content (AvgIpc) is 2.53. The second-order valence-electron chi connectivity index (χ2n) is 6.41. The summed E-state index contributed by atoms with van der Waals surface area (Å²) in [5.74, 6) is 0. The van der Waals surface area contributed by atoms with E-state index in [1.165, 1.54) is 57.8 Å². The summed E-state index contributed by atoms with van der Waals surface area (Å²) in [7, 11) is 0. The van der Waals surface area contributed by atoms with Crippen LogP contribution in [0, 0.1) is 0 Å². The first-order valence-electron chi connectivity index (χ1n) is 9.85. The minimum atomic E-state index is -0.855. The third-order valence-corrected chi connectivity index (χ3v) is 12.1. The summed E-state index contributed by atoms with van der Waals surface area (Å²) in [5.41, 5.74) is 0. The van der Waals surface area contributed by atoms with E-state index in [2.05, 4.69) is 33.9 Å². The van der Waals surface area contributed by atoms with Gasteiger partial charge in [0.15, 0.2) is 0 Å². The van der Waals surface area contributed by atoms with Gasteiger partial charge in [0.05, 0.1) is 0 Å². The van der Waals surface area contributed by atoms with Crippen LogP contribution in [0.2, 0.25) is 15.8 Å². The van der Waals surface area contributed by atoms with Crippen molar-refractivity contribution in [3.05, 3.63) is 13.2 Å². The third kappa shape index (κ3) is 20.3. The summed E-state index contributed by atoms with van der Waals surface area (Å²) in [6.45, 7) is 13.0. The second-order valence-corrected chi connectivity index (χ2v) is 13.7. The summed E-state index contributed by atoms with van der Waals surface area (Å²) in [4.78, 5) is 0. The fourth-order valence-electron chi connectivity index (χ4n) is 3.01. The van der Waals surface area contributed by atoms with Gasteiger partial charge in [-0.25, -0.2) is 0 Å². The molecule has 0 spiro atoms. The van der Waals surface area contributed by atoms with Gasteiger partial charge in [-0.3, -0.25) is 0 Å². The van der Waals surface area contributed by atoms with Crippen LogP contribution in [0.1, 0.15) is 97.8 Å². The normalized spacial score (nSPS) is 10.5. The molecule has 0 aromatic rings. The molecule has 0 saturated carbocycles. The molecular weight excluding hydrogens is 313 g/mol. The van der Waals surface area contributed by atoms with Crippen LogP contribution in [-0.2, 0) is 0 Å². The Hall–Kier alpha value is 0.283. The predicted octanol–water partition coefficient (Wildman–Crippen LogP) is 7.76. The van der Waals surface area contributed by atoms with Crippen LogP contribution in [0.25, 0.3) is 0 Å². The molecule has 0 bridgehead atoms. The minimum absolute atomic E-state index is 0.855. The van der Waals surface area contributed by atoms with Crippen molar-refractivity contribution in [1.29, 1.82) is 0 Å². The van der Waals surface area contributed by atoms with Crippen molar-refractivity contribution in [2.24, 2.45) is 0 Å². The number of hydrogen-bond acceptors (Lipinski definition) is 0. The molecule has 0 aromatic carbocycles. The van der Waals surface area contributed by atoms with E-state index in [0.717, 1.165) is 0 Å². The van der Waals surface area contributed by atoms with E-state index in [4.69, 9.17) is 0 Å². The van der Waals surface area contributed by atoms with E-state index in [0.29, 0.717) is 0 Å². The van der Waals surface area contributed by atoms with Gasteiger partial charge in [-0.1, -0.05) is 0 Å². The van der Waals surface area contributed by atoms with Gasteiger partial charge in [0.1, 0.15) is 0 Å². The number of rotatable bonds is 15. The topological polar surface area (TPSA) is 0 Å². The third-order valence-electron chi connectivity index (χ3n) is 4.40. The van der Waals surface area contributed by atoms with E-state index in [1.54, 1.807) is 35.0 Å². The fraction of sp³-hybridized carbons (Fsp3) is 0.900. The number of unbranched alkanes of at least 4 members (excludes halogenated alkanes) is 9. The first-order chi connectivity index (χ1) is 10.3. The van der Waals surface area contributed by atoms with Crippen LogP contribution in [0.15, 0.2) is 13.2 Å². The molecule has 0 aliphatic carbocycles. The summed E-state index contributed by atoms with van der Waals surface area (Å²) in [6.07, 6.45) is 17.9. The van der Waals surface area contributed by atoms with E-state index >= 15 is 0 Å². The molecule has 0 heterocycles. The molecule has 0 aromatic heterocycles. The van der Waals surface area contributed by atoms with Crippen LogP contribution in [-0.4, -0.2) is 14.3 Å². The van der Waals surface area contributed by atoms with Crippen molar-refractivity contribution in [1.82, 2.24) is 0 Å². The molecule has 0 rings (SSSR count).